The minimum atomic E-state index is -2.63. The summed E-state index contributed by atoms with van der Waals surface area (Å²) in [4.78, 5) is 85.9. The number of esters is 4. The molecule has 68 heavy (non-hydrogen) atoms. The molecular formula is C51H77NO15Si. The smallest absolute Gasteiger partial charge is 0.407 e. The number of benzene rings is 1. The molecule has 0 spiro atoms. The lowest BCUT2D eigenvalue weighted by Gasteiger charge is -2.68. The van der Waals surface area contributed by atoms with Crippen LogP contribution in [0.1, 0.15) is 140 Å². The van der Waals surface area contributed by atoms with Crippen LogP contribution < -0.4 is 5.32 Å². The van der Waals surface area contributed by atoms with Gasteiger partial charge >= 0.3 is 30.0 Å². The summed E-state index contributed by atoms with van der Waals surface area (Å²) in [7, 11) is -2.63. The van der Waals surface area contributed by atoms with Crippen LogP contribution in [0.3, 0.4) is 0 Å². The number of amides is 1. The Balaban J connectivity index is 1.84. The van der Waals surface area contributed by atoms with Gasteiger partial charge in [0.2, 0.25) is 0 Å². The second-order valence-corrected chi connectivity index (χ2v) is 26.3. The summed E-state index contributed by atoms with van der Waals surface area (Å²) in [6.07, 6.45) is -8.18. The van der Waals surface area contributed by atoms with E-state index in [2.05, 4.69) is 5.32 Å². The van der Waals surface area contributed by atoms with E-state index in [9.17, 15) is 34.2 Å². The van der Waals surface area contributed by atoms with Crippen LogP contribution >= 0.6 is 0 Å². The molecular weight excluding hydrogens is 895 g/mol. The van der Waals surface area contributed by atoms with Crippen LogP contribution in [0.25, 0.3) is 0 Å². The van der Waals surface area contributed by atoms with Gasteiger partial charge in [-0.2, -0.15) is 0 Å². The molecule has 1 aliphatic heterocycles. The number of hydrogen-bond donors (Lipinski definition) is 3. The third kappa shape index (κ3) is 9.80. The molecule has 0 unspecified atom stereocenters. The van der Waals surface area contributed by atoms with Gasteiger partial charge in [-0.15, -0.1) is 0 Å². The number of aliphatic hydroxyl groups is 2. The number of ether oxygens (including phenoxy) is 6. The van der Waals surface area contributed by atoms with Crippen molar-refractivity contribution < 1.29 is 71.8 Å². The maximum Gasteiger partial charge on any atom is 0.407 e. The highest BCUT2D eigenvalue weighted by Gasteiger charge is 2.79. The van der Waals surface area contributed by atoms with Crippen molar-refractivity contribution in [3.63, 3.8) is 0 Å². The van der Waals surface area contributed by atoms with Crippen LogP contribution in [0.4, 0.5) is 4.79 Å². The van der Waals surface area contributed by atoms with Crippen LogP contribution in [0.15, 0.2) is 41.5 Å². The van der Waals surface area contributed by atoms with Gasteiger partial charge in [0, 0.05) is 32.1 Å². The molecule has 3 aliphatic carbocycles. The monoisotopic (exact) mass is 972 g/mol. The highest BCUT2D eigenvalue weighted by atomic mass is 28.4. The summed E-state index contributed by atoms with van der Waals surface area (Å²) < 4.78 is 44.6. The zero-order valence-corrected chi connectivity index (χ0v) is 43.9. The molecule has 380 valence electrons. The molecule has 1 amide bonds. The molecule has 3 N–H and O–H groups in total. The normalized spacial score (nSPS) is 31.3. The van der Waals surface area contributed by atoms with Crippen molar-refractivity contribution in [1.82, 2.24) is 5.32 Å². The van der Waals surface area contributed by atoms with E-state index in [-0.39, 0.29) is 48.5 Å². The number of carbonyl (C=O) groups excluding carboxylic acids is 6. The van der Waals surface area contributed by atoms with Crippen LogP contribution in [0.2, 0.25) is 18.1 Å². The van der Waals surface area contributed by atoms with E-state index < -0.39 is 126 Å². The van der Waals surface area contributed by atoms with E-state index in [4.69, 9.17) is 32.8 Å². The Hall–Kier alpha value is -4.16. The fraction of sp³-hybridized carbons (Fsp3) is 0.725. The fourth-order valence-corrected chi connectivity index (χ4v) is 14.5. The van der Waals surface area contributed by atoms with E-state index in [1.165, 1.54) is 6.92 Å². The molecule has 17 heteroatoms. The molecule has 0 aromatic heterocycles. The summed E-state index contributed by atoms with van der Waals surface area (Å²) in [6.45, 7) is 25.1. The number of ketones is 1. The predicted molar refractivity (Wildman–Crippen MR) is 253 cm³/mol. The average molecular weight is 972 g/mol. The SMILES string of the molecule is CC[C@](O)(C(=O)O[C@H]1C[C@@]2(O)[C@@H](OC(=O)c3ccccc3)[C@@H]3[C@]4(OC(C)=O)CO[C@@H]4C[C@H](O[Si](CC)(CC)CC)[C@@]3(C)C(=O)[C@H](OC(C)=O)C(=C1C)C2(C)C)[C@H](CC(C)C)NC(=O)OC(C)(C)C. The van der Waals surface area contributed by atoms with Gasteiger partial charge in [-0.05, 0) is 94.8 Å². The standard InChI is InChI=1S/C51H77NO15Si/c1-16-49(59,35(25-29(5)6)52-45(58)66-46(10,11)12)44(57)63-34-27-51(60)42(64-43(56)33-23-21-20-22-24-33)40-48(15,41(55)39(62-31(8)53)38(30(34)7)47(51,13)14)36(67-68(17-2,18-3)19-4)26-37-50(40,28-61-37)65-32(9)54/h20-24,29,34-37,39-40,42,59-60H,16-19,25-28H2,1-15H3,(H,52,58)/t34-,35-,36-,37+,39+,40-,42-,48+,49+,50-,51+/m0/s1. The topological polar surface area (TPSA) is 220 Å². The lowest BCUT2D eigenvalue weighted by molar-refractivity contribution is -0.344. The Morgan fingerprint density at radius 2 is 1.53 bits per heavy atom. The van der Waals surface area contributed by atoms with Crippen LogP contribution in [0.5, 0.6) is 0 Å². The van der Waals surface area contributed by atoms with Crippen molar-refractivity contribution in [3.8, 4) is 0 Å². The van der Waals surface area contributed by atoms with Crippen molar-refractivity contribution >= 4 is 44.1 Å². The van der Waals surface area contributed by atoms with Crippen molar-refractivity contribution in [2.75, 3.05) is 6.61 Å². The van der Waals surface area contributed by atoms with Crippen LogP contribution in [-0.4, -0.2) is 120 Å². The van der Waals surface area contributed by atoms with E-state index in [1.54, 1.807) is 85.7 Å². The van der Waals surface area contributed by atoms with Crippen LogP contribution in [0, 0.1) is 22.7 Å². The summed E-state index contributed by atoms with van der Waals surface area (Å²) >= 11 is 0. The maximum absolute atomic E-state index is 16.3. The summed E-state index contributed by atoms with van der Waals surface area (Å²) in [5.74, 6) is -5.78. The first kappa shape index (κ1) is 54.8. The molecule has 2 saturated carbocycles. The first-order valence-corrected chi connectivity index (χ1v) is 26.8. The van der Waals surface area contributed by atoms with Crippen molar-refractivity contribution in [2.45, 2.75) is 207 Å². The zero-order valence-electron chi connectivity index (χ0n) is 42.9. The van der Waals surface area contributed by atoms with E-state index >= 15 is 4.79 Å². The second-order valence-electron chi connectivity index (χ2n) is 21.6. The lowest BCUT2D eigenvalue weighted by atomic mass is 9.44. The molecule has 1 saturated heterocycles. The molecule has 3 fully saturated rings. The van der Waals surface area contributed by atoms with Gasteiger partial charge in [-0.1, -0.05) is 73.6 Å². The van der Waals surface area contributed by atoms with Gasteiger partial charge in [0.25, 0.3) is 0 Å². The fourth-order valence-electron chi connectivity index (χ4n) is 11.5. The van der Waals surface area contributed by atoms with E-state index in [0.29, 0.717) is 18.1 Å². The molecule has 0 radical (unpaired) electrons. The first-order valence-electron chi connectivity index (χ1n) is 24.3. The number of Topliss-reactive ketones (excluding diaryl/α,β-unsaturated/α-hetero) is 1. The van der Waals surface area contributed by atoms with Crippen molar-refractivity contribution in [2.24, 2.45) is 22.7 Å². The lowest BCUT2D eigenvalue weighted by Crippen LogP contribution is -2.82. The Kier molecular flexibility index (Phi) is 16.0. The number of nitrogens with one attached hydrogen (secondary N) is 1. The van der Waals surface area contributed by atoms with E-state index in [1.807, 2.05) is 34.6 Å². The van der Waals surface area contributed by atoms with Crippen molar-refractivity contribution in [3.05, 3.63) is 47.0 Å². The quantitative estimate of drug-likeness (QED) is 0.0640. The molecule has 4 aliphatic rings. The Labute approximate surface area is 403 Å². The summed E-state index contributed by atoms with van der Waals surface area (Å²) in [5, 5.41) is 29.2. The number of alkyl carbamates (subject to hydrolysis) is 1. The first-order chi connectivity index (χ1) is 31.5. The predicted octanol–water partition coefficient (Wildman–Crippen LogP) is 7.31. The molecule has 11 atom stereocenters. The molecule has 5 rings (SSSR count). The van der Waals surface area contributed by atoms with Gasteiger partial charge in [-0.3, -0.25) is 14.4 Å². The summed E-state index contributed by atoms with van der Waals surface area (Å²) in [5.41, 5.74) is -10.3. The number of hydrogen-bond acceptors (Lipinski definition) is 15. The highest BCUT2D eigenvalue weighted by molar-refractivity contribution is 6.73. The third-order valence-corrected chi connectivity index (χ3v) is 20.2. The van der Waals surface area contributed by atoms with Crippen molar-refractivity contribution in [1.29, 1.82) is 0 Å². The Morgan fingerprint density at radius 3 is 2.01 bits per heavy atom. The zero-order chi connectivity index (χ0) is 51.2. The minimum Gasteiger partial charge on any atom is -0.456 e. The van der Waals surface area contributed by atoms with Gasteiger partial charge in [-0.25, -0.2) is 14.4 Å². The maximum atomic E-state index is 16.3. The number of rotatable bonds is 16. The number of carbonyl (C=O) groups is 6. The molecule has 16 nitrogen and oxygen atoms in total. The highest BCUT2D eigenvalue weighted by Crippen LogP contribution is 2.65. The second kappa shape index (κ2) is 19.9. The largest absolute Gasteiger partial charge is 0.456 e. The van der Waals surface area contributed by atoms with Gasteiger partial charge in [0.05, 0.1) is 35.6 Å². The molecule has 1 aromatic rings. The third-order valence-electron chi connectivity index (χ3n) is 15.6. The summed E-state index contributed by atoms with van der Waals surface area (Å²) in [6, 6.07) is 8.96. The number of fused-ring (bicyclic) bond motifs is 5. The van der Waals surface area contributed by atoms with Gasteiger partial charge < -0.3 is 48.4 Å². The van der Waals surface area contributed by atoms with Gasteiger partial charge in [0.15, 0.2) is 31.4 Å². The van der Waals surface area contributed by atoms with Crippen LogP contribution in [-0.2, 0) is 52.0 Å². The van der Waals surface area contributed by atoms with Gasteiger partial charge in [0.1, 0.15) is 29.5 Å². The Morgan fingerprint density at radius 1 is 0.926 bits per heavy atom. The van der Waals surface area contributed by atoms with E-state index in [0.717, 1.165) is 6.92 Å². The molecule has 1 heterocycles. The Bertz CT molecular complexity index is 2110. The average Bonchev–Trinajstić information content (AvgIpc) is 3.24. The molecule has 2 bridgehead atoms. The molecule has 1 aromatic carbocycles. The minimum absolute atomic E-state index is 0.0808.